The standard InChI is InChI=1S/C16H20N2O4/c1-4-17-9-10-18(16(2,3)15(17)22)13(19)11-5-7-12(8-6-11)14(20)21/h5-8H,4,9-10H2,1-3H3,(H,20,21). The van der Waals surface area contributed by atoms with Crippen molar-refractivity contribution in [3.05, 3.63) is 35.4 Å². The molecule has 6 nitrogen and oxygen atoms in total. The van der Waals surface area contributed by atoms with Crippen molar-refractivity contribution in [1.29, 1.82) is 0 Å². The molecule has 0 bridgehead atoms. The van der Waals surface area contributed by atoms with Crippen LogP contribution in [0.5, 0.6) is 0 Å². The van der Waals surface area contributed by atoms with Crippen LogP contribution in [0, 0.1) is 0 Å². The number of carbonyl (C=O) groups excluding carboxylic acids is 2. The Balaban J connectivity index is 2.25. The molecule has 1 aromatic rings. The van der Waals surface area contributed by atoms with E-state index in [1.165, 1.54) is 24.3 Å². The fraction of sp³-hybridized carbons (Fsp3) is 0.438. The lowest BCUT2D eigenvalue weighted by molar-refractivity contribution is -0.146. The Morgan fingerprint density at radius 3 is 2.18 bits per heavy atom. The summed E-state index contributed by atoms with van der Waals surface area (Å²) in [6.07, 6.45) is 0. The summed E-state index contributed by atoms with van der Waals surface area (Å²) >= 11 is 0. The van der Waals surface area contributed by atoms with Gasteiger partial charge in [-0.25, -0.2) is 4.79 Å². The Labute approximate surface area is 129 Å². The molecule has 2 amide bonds. The molecule has 1 N–H and O–H groups in total. The van der Waals surface area contributed by atoms with E-state index in [9.17, 15) is 14.4 Å². The van der Waals surface area contributed by atoms with Crippen LogP contribution >= 0.6 is 0 Å². The molecule has 1 aromatic carbocycles. The number of benzene rings is 1. The SMILES string of the molecule is CCN1CCN(C(=O)c2ccc(C(=O)O)cc2)C(C)(C)C1=O. The predicted molar refractivity (Wildman–Crippen MR) is 80.8 cm³/mol. The molecule has 6 heteroatoms. The number of piperazine rings is 1. The second kappa shape index (κ2) is 5.79. The van der Waals surface area contributed by atoms with Gasteiger partial charge >= 0.3 is 5.97 Å². The first-order valence-corrected chi connectivity index (χ1v) is 7.23. The quantitative estimate of drug-likeness (QED) is 0.917. The largest absolute Gasteiger partial charge is 0.478 e. The number of nitrogens with zero attached hydrogens (tertiary/aromatic N) is 2. The minimum atomic E-state index is -1.04. The highest BCUT2D eigenvalue weighted by atomic mass is 16.4. The van der Waals surface area contributed by atoms with E-state index in [-0.39, 0.29) is 17.4 Å². The van der Waals surface area contributed by atoms with E-state index >= 15 is 0 Å². The lowest BCUT2D eigenvalue weighted by Crippen LogP contribution is -2.64. The highest BCUT2D eigenvalue weighted by molar-refractivity contribution is 6.00. The van der Waals surface area contributed by atoms with Gasteiger partial charge in [-0.3, -0.25) is 9.59 Å². The molecule has 0 unspecified atom stereocenters. The van der Waals surface area contributed by atoms with Crippen LogP contribution in [0.15, 0.2) is 24.3 Å². The summed E-state index contributed by atoms with van der Waals surface area (Å²) < 4.78 is 0. The number of aromatic carboxylic acids is 1. The second-order valence-corrected chi connectivity index (χ2v) is 5.78. The summed E-state index contributed by atoms with van der Waals surface area (Å²) in [5.74, 6) is -1.37. The number of carbonyl (C=O) groups is 3. The van der Waals surface area contributed by atoms with Gasteiger partial charge in [0.15, 0.2) is 0 Å². The van der Waals surface area contributed by atoms with Crippen LogP contribution in [0.2, 0.25) is 0 Å². The molecule has 1 saturated heterocycles. The zero-order valence-electron chi connectivity index (χ0n) is 13.0. The Bertz CT molecular complexity index is 607. The van der Waals surface area contributed by atoms with Crippen LogP contribution in [0.3, 0.4) is 0 Å². The molecule has 22 heavy (non-hydrogen) atoms. The molecule has 118 valence electrons. The van der Waals surface area contributed by atoms with Crippen molar-refractivity contribution in [2.24, 2.45) is 0 Å². The van der Waals surface area contributed by atoms with Crippen molar-refractivity contribution in [3.8, 4) is 0 Å². The van der Waals surface area contributed by atoms with Gasteiger partial charge in [-0.1, -0.05) is 0 Å². The van der Waals surface area contributed by atoms with Gasteiger partial charge in [0.05, 0.1) is 5.56 Å². The molecule has 0 radical (unpaired) electrons. The number of likely N-dealkylation sites (N-methyl/N-ethyl adjacent to an activating group) is 1. The minimum Gasteiger partial charge on any atom is -0.478 e. The highest BCUT2D eigenvalue weighted by Gasteiger charge is 2.43. The maximum Gasteiger partial charge on any atom is 0.335 e. The van der Waals surface area contributed by atoms with Crippen LogP contribution in [0.1, 0.15) is 41.5 Å². The summed E-state index contributed by atoms with van der Waals surface area (Å²) in [7, 11) is 0. The van der Waals surface area contributed by atoms with Crippen LogP contribution in [-0.4, -0.2) is 57.9 Å². The lowest BCUT2D eigenvalue weighted by atomic mass is 9.96. The summed E-state index contributed by atoms with van der Waals surface area (Å²) in [6, 6.07) is 5.76. The number of hydrogen-bond donors (Lipinski definition) is 1. The van der Waals surface area contributed by atoms with Crippen LogP contribution in [0.25, 0.3) is 0 Å². The number of amides is 2. The van der Waals surface area contributed by atoms with Crippen LogP contribution in [-0.2, 0) is 4.79 Å². The first kappa shape index (κ1) is 16.0. The predicted octanol–water partition coefficient (Wildman–Crippen LogP) is 1.47. The number of carboxylic acids is 1. The van der Waals surface area contributed by atoms with Gasteiger partial charge in [0.2, 0.25) is 5.91 Å². The molecule has 1 fully saturated rings. The number of rotatable bonds is 3. The first-order chi connectivity index (χ1) is 10.3. The van der Waals surface area contributed by atoms with E-state index in [2.05, 4.69) is 0 Å². The molecule has 0 spiro atoms. The van der Waals surface area contributed by atoms with E-state index in [0.29, 0.717) is 25.2 Å². The molecule has 0 atom stereocenters. The van der Waals surface area contributed by atoms with E-state index in [4.69, 9.17) is 5.11 Å². The molecular formula is C16H20N2O4. The van der Waals surface area contributed by atoms with E-state index in [1.807, 2.05) is 6.92 Å². The maximum absolute atomic E-state index is 12.6. The minimum absolute atomic E-state index is 0.0724. The van der Waals surface area contributed by atoms with Crippen LogP contribution < -0.4 is 0 Å². The number of carboxylic acid groups (broad SMARTS) is 1. The maximum atomic E-state index is 12.6. The van der Waals surface area contributed by atoms with Gasteiger partial charge in [0.25, 0.3) is 5.91 Å². The fourth-order valence-corrected chi connectivity index (χ4v) is 2.67. The van der Waals surface area contributed by atoms with Crippen molar-refractivity contribution in [2.45, 2.75) is 26.3 Å². The van der Waals surface area contributed by atoms with Gasteiger partial charge in [-0.05, 0) is 45.0 Å². The monoisotopic (exact) mass is 304 g/mol. The lowest BCUT2D eigenvalue weighted by Gasteiger charge is -2.45. The van der Waals surface area contributed by atoms with Gasteiger partial charge in [0.1, 0.15) is 5.54 Å². The van der Waals surface area contributed by atoms with Crippen molar-refractivity contribution in [2.75, 3.05) is 19.6 Å². The smallest absolute Gasteiger partial charge is 0.335 e. The Kier molecular flexibility index (Phi) is 4.21. The molecule has 0 aromatic heterocycles. The summed E-state index contributed by atoms with van der Waals surface area (Å²) in [4.78, 5) is 39.2. The number of hydrogen-bond acceptors (Lipinski definition) is 3. The van der Waals surface area contributed by atoms with Gasteiger partial charge in [0, 0.05) is 25.2 Å². The molecule has 1 aliphatic rings. The summed E-state index contributed by atoms with van der Waals surface area (Å²) in [5, 5.41) is 8.89. The van der Waals surface area contributed by atoms with E-state index in [0.717, 1.165) is 0 Å². The van der Waals surface area contributed by atoms with E-state index in [1.54, 1.807) is 23.6 Å². The topological polar surface area (TPSA) is 77.9 Å². The first-order valence-electron chi connectivity index (χ1n) is 7.23. The third-order valence-electron chi connectivity index (χ3n) is 4.08. The van der Waals surface area contributed by atoms with Gasteiger partial charge in [-0.15, -0.1) is 0 Å². The van der Waals surface area contributed by atoms with Crippen molar-refractivity contribution < 1.29 is 19.5 Å². The fourth-order valence-electron chi connectivity index (χ4n) is 2.67. The Morgan fingerprint density at radius 1 is 1.14 bits per heavy atom. The van der Waals surface area contributed by atoms with Crippen molar-refractivity contribution >= 4 is 17.8 Å². The zero-order chi connectivity index (χ0) is 16.5. The molecule has 1 aliphatic heterocycles. The van der Waals surface area contributed by atoms with Crippen molar-refractivity contribution in [3.63, 3.8) is 0 Å². The van der Waals surface area contributed by atoms with Gasteiger partial charge < -0.3 is 14.9 Å². The molecule has 0 saturated carbocycles. The normalized spacial score (nSPS) is 17.5. The zero-order valence-corrected chi connectivity index (χ0v) is 13.0. The van der Waals surface area contributed by atoms with Crippen LogP contribution in [0.4, 0.5) is 0 Å². The Morgan fingerprint density at radius 2 is 1.68 bits per heavy atom. The Hall–Kier alpha value is -2.37. The molecular weight excluding hydrogens is 284 g/mol. The van der Waals surface area contributed by atoms with Gasteiger partial charge in [-0.2, -0.15) is 0 Å². The summed E-state index contributed by atoms with van der Waals surface area (Å²) in [6.45, 7) is 6.98. The third kappa shape index (κ3) is 2.68. The third-order valence-corrected chi connectivity index (χ3v) is 4.08. The summed E-state index contributed by atoms with van der Waals surface area (Å²) in [5.41, 5.74) is -0.393. The highest BCUT2D eigenvalue weighted by Crippen LogP contribution is 2.24. The average molecular weight is 304 g/mol. The van der Waals surface area contributed by atoms with E-state index < -0.39 is 11.5 Å². The second-order valence-electron chi connectivity index (χ2n) is 5.78. The molecule has 2 rings (SSSR count). The molecule has 1 heterocycles. The van der Waals surface area contributed by atoms with Crippen molar-refractivity contribution in [1.82, 2.24) is 9.80 Å². The molecule has 0 aliphatic carbocycles. The average Bonchev–Trinajstić information content (AvgIpc) is 2.49.